The first-order chi connectivity index (χ1) is 15.6. The molecule has 3 aromatic rings. The van der Waals surface area contributed by atoms with Crippen LogP contribution < -0.4 is 9.47 Å². The first-order valence-corrected chi connectivity index (χ1v) is 11.7. The van der Waals surface area contributed by atoms with E-state index in [4.69, 9.17) is 14.5 Å². The molecule has 5 rings (SSSR count). The number of carbonyl (C=O) groups excluding carboxylic acids is 1. The predicted molar refractivity (Wildman–Crippen MR) is 131 cm³/mol. The van der Waals surface area contributed by atoms with Gasteiger partial charge in [-0.05, 0) is 60.2 Å². The molecule has 7 heteroatoms. The molecular formula is C25H19BrN2O3S. The number of thioether (sulfide) groups is 1. The van der Waals surface area contributed by atoms with Gasteiger partial charge in [-0.25, -0.2) is 4.99 Å². The van der Waals surface area contributed by atoms with Gasteiger partial charge in [-0.1, -0.05) is 64.5 Å². The van der Waals surface area contributed by atoms with Crippen LogP contribution in [0.3, 0.4) is 0 Å². The zero-order chi connectivity index (χ0) is 22.1. The minimum absolute atomic E-state index is 0.0781. The number of aliphatic imine (C=N–C) groups is 1. The van der Waals surface area contributed by atoms with Crippen molar-refractivity contribution in [2.24, 2.45) is 4.99 Å². The highest BCUT2D eigenvalue weighted by atomic mass is 79.9. The second-order valence-corrected chi connectivity index (χ2v) is 9.19. The number of carbonyl (C=O) groups is 1. The molecule has 0 unspecified atom stereocenters. The molecule has 0 aromatic heterocycles. The average Bonchev–Trinajstić information content (AvgIpc) is 3.38. The van der Waals surface area contributed by atoms with Crippen LogP contribution >= 0.6 is 27.7 Å². The van der Waals surface area contributed by atoms with Crippen molar-refractivity contribution in [2.75, 3.05) is 6.79 Å². The van der Waals surface area contributed by atoms with Gasteiger partial charge in [0.2, 0.25) is 6.79 Å². The Morgan fingerprint density at radius 2 is 1.69 bits per heavy atom. The zero-order valence-corrected chi connectivity index (χ0v) is 19.6. The summed E-state index contributed by atoms with van der Waals surface area (Å²) in [6, 6.07) is 23.2. The van der Waals surface area contributed by atoms with E-state index in [2.05, 4.69) is 15.9 Å². The van der Waals surface area contributed by atoms with Crippen molar-refractivity contribution in [3.8, 4) is 11.5 Å². The quantitative estimate of drug-likeness (QED) is 0.376. The van der Waals surface area contributed by atoms with Gasteiger partial charge in [-0.2, -0.15) is 0 Å². The monoisotopic (exact) mass is 506 g/mol. The Kier molecular flexibility index (Phi) is 5.76. The van der Waals surface area contributed by atoms with E-state index in [9.17, 15) is 4.79 Å². The van der Waals surface area contributed by atoms with Gasteiger partial charge in [0.15, 0.2) is 16.7 Å². The highest BCUT2D eigenvalue weighted by Crippen LogP contribution is 2.42. The second-order valence-electron chi connectivity index (χ2n) is 7.33. The maximum Gasteiger partial charge on any atom is 0.267 e. The lowest BCUT2D eigenvalue weighted by atomic mass is 10.1. The number of amides is 1. The largest absolute Gasteiger partial charge is 0.454 e. The third-order valence-electron chi connectivity index (χ3n) is 5.27. The third kappa shape index (κ3) is 4.06. The summed E-state index contributed by atoms with van der Waals surface area (Å²) >= 11 is 4.96. The highest BCUT2D eigenvalue weighted by molar-refractivity contribution is 9.10. The Morgan fingerprint density at radius 1 is 1.03 bits per heavy atom. The van der Waals surface area contributed by atoms with Crippen LogP contribution in [0.25, 0.3) is 6.08 Å². The molecule has 3 aromatic carbocycles. The summed E-state index contributed by atoms with van der Waals surface area (Å²) in [7, 11) is 0. The molecule has 0 spiro atoms. The first kappa shape index (κ1) is 20.8. The van der Waals surface area contributed by atoms with E-state index in [1.165, 1.54) is 11.8 Å². The van der Waals surface area contributed by atoms with Gasteiger partial charge in [0.1, 0.15) is 0 Å². The summed E-state index contributed by atoms with van der Waals surface area (Å²) in [5.41, 5.74) is 2.70. The number of rotatable bonds is 4. The van der Waals surface area contributed by atoms with Gasteiger partial charge < -0.3 is 9.47 Å². The van der Waals surface area contributed by atoms with E-state index in [1.54, 1.807) is 4.90 Å². The van der Waals surface area contributed by atoms with Crippen LogP contribution in [0.1, 0.15) is 24.1 Å². The van der Waals surface area contributed by atoms with E-state index in [-0.39, 0.29) is 18.7 Å². The van der Waals surface area contributed by atoms with E-state index in [0.29, 0.717) is 21.6 Å². The van der Waals surface area contributed by atoms with Gasteiger partial charge in [-0.15, -0.1) is 0 Å². The van der Waals surface area contributed by atoms with E-state index < -0.39 is 0 Å². The fourth-order valence-electron chi connectivity index (χ4n) is 3.58. The molecule has 0 N–H and O–H groups in total. The van der Waals surface area contributed by atoms with Crippen molar-refractivity contribution in [3.63, 3.8) is 0 Å². The Morgan fingerprint density at radius 3 is 2.41 bits per heavy atom. The SMILES string of the molecule is C[C@H](c1ccccc1)N1C(=O)/C(=C\c2cc3c(cc2Br)OCO3)SC1=Nc1ccccc1. The van der Waals surface area contributed by atoms with Crippen molar-refractivity contribution in [1.29, 1.82) is 0 Å². The number of amidine groups is 1. The summed E-state index contributed by atoms with van der Waals surface area (Å²) in [6.07, 6.45) is 1.87. The molecule has 160 valence electrons. The minimum atomic E-state index is -0.162. The number of para-hydroxylation sites is 1. The maximum absolute atomic E-state index is 13.6. The molecular weight excluding hydrogens is 488 g/mol. The summed E-state index contributed by atoms with van der Waals surface area (Å²) in [4.78, 5) is 20.7. The smallest absolute Gasteiger partial charge is 0.267 e. The number of nitrogens with zero attached hydrogens (tertiary/aromatic N) is 2. The van der Waals surface area contributed by atoms with Crippen LogP contribution in [-0.2, 0) is 4.79 Å². The van der Waals surface area contributed by atoms with Crippen LogP contribution in [-0.4, -0.2) is 22.8 Å². The van der Waals surface area contributed by atoms with Gasteiger partial charge >= 0.3 is 0 Å². The summed E-state index contributed by atoms with van der Waals surface area (Å²) < 4.78 is 11.8. The second kappa shape index (κ2) is 8.84. The molecule has 0 aliphatic carbocycles. The maximum atomic E-state index is 13.6. The lowest BCUT2D eigenvalue weighted by Crippen LogP contribution is -2.32. The molecule has 2 aliphatic heterocycles. The van der Waals surface area contributed by atoms with Crippen molar-refractivity contribution < 1.29 is 14.3 Å². The number of ether oxygens (including phenoxy) is 2. The predicted octanol–water partition coefficient (Wildman–Crippen LogP) is 6.54. The lowest BCUT2D eigenvalue weighted by Gasteiger charge is -2.24. The van der Waals surface area contributed by atoms with Crippen LogP contribution in [0.4, 0.5) is 5.69 Å². The number of fused-ring (bicyclic) bond motifs is 1. The van der Waals surface area contributed by atoms with Gasteiger partial charge in [0.25, 0.3) is 5.91 Å². The minimum Gasteiger partial charge on any atom is -0.454 e. The normalized spacial score (nSPS) is 18.6. The molecule has 1 atom stereocenters. The third-order valence-corrected chi connectivity index (χ3v) is 6.94. The van der Waals surface area contributed by atoms with Crippen molar-refractivity contribution in [3.05, 3.63) is 93.3 Å². The standard InChI is InChI=1S/C25H19BrN2O3S/c1-16(17-8-4-2-5-9-17)28-24(29)23(32-25(28)27-19-10-6-3-7-11-19)13-18-12-21-22(14-20(18)26)31-15-30-21/h2-14,16H,15H2,1H3/b23-13+,27-25?/t16-/m1/s1. The first-order valence-electron chi connectivity index (χ1n) is 10.1. The van der Waals surface area contributed by atoms with Crippen molar-refractivity contribution in [2.45, 2.75) is 13.0 Å². The topological polar surface area (TPSA) is 51.1 Å². The molecule has 1 fully saturated rings. The molecule has 5 nitrogen and oxygen atoms in total. The van der Waals surface area contributed by atoms with Crippen molar-refractivity contribution in [1.82, 2.24) is 4.90 Å². The van der Waals surface area contributed by atoms with Crippen LogP contribution in [0.15, 0.2) is 87.2 Å². The fourth-order valence-corrected chi connectivity index (χ4v) is 5.08. The molecule has 32 heavy (non-hydrogen) atoms. The Balaban J connectivity index is 1.55. The molecule has 1 saturated heterocycles. The number of hydrogen-bond donors (Lipinski definition) is 0. The Hall–Kier alpha value is -3.03. The fraction of sp³-hybridized carbons (Fsp3) is 0.120. The van der Waals surface area contributed by atoms with Crippen LogP contribution in [0.2, 0.25) is 0 Å². The Labute approximate surface area is 198 Å². The highest BCUT2D eigenvalue weighted by Gasteiger charge is 2.37. The van der Waals surface area contributed by atoms with Gasteiger partial charge in [0.05, 0.1) is 16.6 Å². The number of hydrogen-bond acceptors (Lipinski definition) is 5. The zero-order valence-electron chi connectivity index (χ0n) is 17.2. The average molecular weight is 507 g/mol. The van der Waals surface area contributed by atoms with E-state index in [1.807, 2.05) is 85.8 Å². The van der Waals surface area contributed by atoms with Gasteiger partial charge in [0, 0.05) is 4.47 Å². The molecule has 0 radical (unpaired) electrons. The van der Waals surface area contributed by atoms with Gasteiger partial charge in [-0.3, -0.25) is 9.69 Å². The molecule has 1 amide bonds. The number of benzene rings is 3. The molecule has 2 aliphatic rings. The van der Waals surface area contributed by atoms with Crippen molar-refractivity contribution >= 4 is 50.5 Å². The summed E-state index contributed by atoms with van der Waals surface area (Å²) in [5, 5.41) is 0.653. The number of halogens is 1. The van der Waals surface area contributed by atoms with Crippen LogP contribution in [0.5, 0.6) is 11.5 Å². The Bertz CT molecular complexity index is 1230. The van der Waals surface area contributed by atoms with E-state index >= 15 is 0 Å². The molecule has 2 heterocycles. The summed E-state index contributed by atoms with van der Waals surface area (Å²) in [5.74, 6) is 1.28. The van der Waals surface area contributed by atoms with Crippen LogP contribution in [0, 0.1) is 0 Å². The lowest BCUT2D eigenvalue weighted by molar-refractivity contribution is -0.123. The van der Waals surface area contributed by atoms with E-state index in [0.717, 1.165) is 21.3 Å². The molecule has 0 bridgehead atoms. The molecule has 0 saturated carbocycles. The summed E-state index contributed by atoms with van der Waals surface area (Å²) in [6.45, 7) is 2.22.